The molecule has 2 aromatic carbocycles. The number of ketones is 1. The van der Waals surface area contributed by atoms with Crippen LogP contribution in [0.5, 0.6) is 0 Å². The molecular formula is C20H17FN2O2. The second-order valence-electron chi connectivity index (χ2n) is 6.28. The first-order valence-corrected chi connectivity index (χ1v) is 8.28. The number of hydrogen-bond donors (Lipinski definition) is 1. The van der Waals surface area contributed by atoms with Gasteiger partial charge in [-0.25, -0.2) is 4.39 Å². The Morgan fingerprint density at radius 1 is 1.20 bits per heavy atom. The van der Waals surface area contributed by atoms with Crippen molar-refractivity contribution in [1.29, 1.82) is 0 Å². The van der Waals surface area contributed by atoms with Gasteiger partial charge >= 0.3 is 0 Å². The molecule has 0 spiro atoms. The minimum Gasteiger partial charge on any atom is -0.378 e. The Morgan fingerprint density at radius 2 is 2.04 bits per heavy atom. The van der Waals surface area contributed by atoms with E-state index in [1.54, 1.807) is 0 Å². The first kappa shape index (κ1) is 15.6. The Morgan fingerprint density at radius 3 is 2.88 bits per heavy atom. The van der Waals surface area contributed by atoms with E-state index in [0.717, 1.165) is 12.0 Å². The van der Waals surface area contributed by atoms with Crippen LogP contribution in [0.15, 0.2) is 60.3 Å². The number of benzene rings is 2. The van der Waals surface area contributed by atoms with Crippen LogP contribution < -0.4 is 5.32 Å². The Hall–Kier alpha value is -2.95. The van der Waals surface area contributed by atoms with Crippen molar-refractivity contribution >= 4 is 11.7 Å². The summed E-state index contributed by atoms with van der Waals surface area (Å²) in [7, 11) is 0. The van der Waals surface area contributed by atoms with Crippen molar-refractivity contribution < 1.29 is 14.0 Å². The number of carbonyl (C=O) groups is 2. The van der Waals surface area contributed by atoms with E-state index in [-0.39, 0.29) is 29.0 Å². The lowest BCUT2D eigenvalue weighted by atomic mass is 9.90. The Bertz CT molecular complexity index is 891. The maximum absolute atomic E-state index is 13.3. The van der Waals surface area contributed by atoms with Gasteiger partial charge in [-0.15, -0.1) is 0 Å². The first-order valence-electron chi connectivity index (χ1n) is 8.28. The van der Waals surface area contributed by atoms with Crippen molar-refractivity contribution in [2.24, 2.45) is 0 Å². The lowest BCUT2D eigenvalue weighted by molar-refractivity contribution is -0.132. The Balaban J connectivity index is 1.59. The van der Waals surface area contributed by atoms with Gasteiger partial charge in [0.15, 0.2) is 5.78 Å². The average Bonchev–Trinajstić information content (AvgIpc) is 2.63. The third kappa shape index (κ3) is 2.82. The standard InChI is InChI=1S/C20H17FN2O2/c21-15-6-3-5-14(10-15)19(24)11-17-20(25)23-9-8-13-4-1-2-7-16(13)18(23)12-22-17/h1-7,10-11,18,22H,8-9,12H2/b17-11-. The third-order valence-corrected chi connectivity index (χ3v) is 4.77. The second-order valence-corrected chi connectivity index (χ2v) is 6.28. The molecule has 2 aromatic rings. The number of amides is 1. The summed E-state index contributed by atoms with van der Waals surface area (Å²) >= 11 is 0. The summed E-state index contributed by atoms with van der Waals surface area (Å²) in [5.41, 5.74) is 2.92. The highest BCUT2D eigenvalue weighted by atomic mass is 19.1. The van der Waals surface area contributed by atoms with Gasteiger partial charge in [0, 0.05) is 24.7 Å². The van der Waals surface area contributed by atoms with Crippen LogP contribution in [-0.2, 0) is 11.2 Å². The van der Waals surface area contributed by atoms with E-state index in [2.05, 4.69) is 11.4 Å². The van der Waals surface area contributed by atoms with Gasteiger partial charge < -0.3 is 10.2 Å². The van der Waals surface area contributed by atoms with Gasteiger partial charge in [-0.1, -0.05) is 36.4 Å². The molecule has 25 heavy (non-hydrogen) atoms. The number of allylic oxidation sites excluding steroid dienone is 1. The van der Waals surface area contributed by atoms with Crippen LogP contribution >= 0.6 is 0 Å². The second kappa shape index (κ2) is 6.16. The molecule has 1 fully saturated rings. The molecule has 2 aliphatic heterocycles. The lowest BCUT2D eigenvalue weighted by Gasteiger charge is -2.41. The Labute approximate surface area is 145 Å². The number of halogens is 1. The van der Waals surface area contributed by atoms with E-state index < -0.39 is 5.82 Å². The summed E-state index contributed by atoms with van der Waals surface area (Å²) in [5, 5.41) is 3.08. The number of nitrogens with one attached hydrogen (secondary N) is 1. The lowest BCUT2D eigenvalue weighted by Crippen LogP contribution is -2.51. The number of piperazine rings is 1. The van der Waals surface area contributed by atoms with E-state index in [1.165, 1.54) is 35.9 Å². The molecule has 2 aliphatic rings. The van der Waals surface area contributed by atoms with Gasteiger partial charge in [-0.05, 0) is 29.7 Å². The molecular weight excluding hydrogens is 319 g/mol. The zero-order valence-electron chi connectivity index (χ0n) is 13.5. The van der Waals surface area contributed by atoms with Gasteiger partial charge in [-0.2, -0.15) is 0 Å². The number of fused-ring (bicyclic) bond motifs is 3. The van der Waals surface area contributed by atoms with E-state index in [1.807, 2.05) is 23.1 Å². The summed E-state index contributed by atoms with van der Waals surface area (Å²) in [4.78, 5) is 26.9. The fraction of sp³-hybridized carbons (Fsp3) is 0.200. The normalized spacial score (nSPS) is 20.7. The molecule has 1 unspecified atom stereocenters. The number of hydrogen-bond acceptors (Lipinski definition) is 3. The zero-order valence-corrected chi connectivity index (χ0v) is 13.5. The maximum atomic E-state index is 13.3. The quantitative estimate of drug-likeness (QED) is 0.677. The largest absolute Gasteiger partial charge is 0.378 e. The molecule has 4 nitrogen and oxygen atoms in total. The molecule has 126 valence electrons. The third-order valence-electron chi connectivity index (χ3n) is 4.77. The van der Waals surface area contributed by atoms with E-state index in [0.29, 0.717) is 13.1 Å². The molecule has 0 bridgehead atoms. The van der Waals surface area contributed by atoms with Crippen LogP contribution in [0.25, 0.3) is 0 Å². The molecule has 0 aliphatic carbocycles. The first-order chi connectivity index (χ1) is 12.1. The molecule has 4 rings (SSSR count). The number of carbonyl (C=O) groups excluding carboxylic acids is 2. The molecule has 2 heterocycles. The van der Waals surface area contributed by atoms with Crippen LogP contribution in [0.4, 0.5) is 4.39 Å². The van der Waals surface area contributed by atoms with Crippen molar-refractivity contribution in [2.75, 3.05) is 13.1 Å². The molecule has 0 aromatic heterocycles. The zero-order chi connectivity index (χ0) is 17.4. The fourth-order valence-electron chi connectivity index (χ4n) is 3.52. The van der Waals surface area contributed by atoms with Crippen LogP contribution in [0.3, 0.4) is 0 Å². The molecule has 5 heteroatoms. The van der Waals surface area contributed by atoms with Crippen molar-refractivity contribution in [2.45, 2.75) is 12.5 Å². The van der Waals surface area contributed by atoms with Crippen molar-refractivity contribution in [3.63, 3.8) is 0 Å². The topological polar surface area (TPSA) is 49.4 Å². The van der Waals surface area contributed by atoms with E-state index in [4.69, 9.17) is 0 Å². The highest BCUT2D eigenvalue weighted by Gasteiger charge is 2.36. The summed E-state index contributed by atoms with van der Waals surface area (Å²) in [6.07, 6.45) is 2.08. The minimum absolute atomic E-state index is 0.0149. The highest BCUT2D eigenvalue weighted by Crippen LogP contribution is 2.32. The fourth-order valence-corrected chi connectivity index (χ4v) is 3.52. The van der Waals surface area contributed by atoms with Crippen LogP contribution in [0.1, 0.15) is 27.5 Å². The molecule has 1 amide bonds. The van der Waals surface area contributed by atoms with Gasteiger partial charge in [0.25, 0.3) is 5.91 Å². The van der Waals surface area contributed by atoms with Crippen LogP contribution in [0, 0.1) is 5.82 Å². The van der Waals surface area contributed by atoms with Crippen molar-refractivity contribution in [3.8, 4) is 0 Å². The smallest absolute Gasteiger partial charge is 0.270 e. The molecule has 1 N–H and O–H groups in total. The SMILES string of the molecule is O=C(/C=C1\NCC2c3ccccc3CCN2C1=O)c1cccc(F)c1. The van der Waals surface area contributed by atoms with Gasteiger partial charge in [0.05, 0.1) is 6.04 Å². The van der Waals surface area contributed by atoms with Crippen molar-refractivity contribution in [1.82, 2.24) is 10.2 Å². The predicted molar refractivity (Wildman–Crippen MR) is 91.4 cm³/mol. The van der Waals surface area contributed by atoms with Gasteiger partial charge in [0.1, 0.15) is 11.5 Å². The van der Waals surface area contributed by atoms with Gasteiger partial charge in [0.2, 0.25) is 0 Å². The van der Waals surface area contributed by atoms with E-state index in [9.17, 15) is 14.0 Å². The van der Waals surface area contributed by atoms with E-state index >= 15 is 0 Å². The molecule has 0 saturated carbocycles. The number of nitrogens with zero attached hydrogens (tertiary/aromatic N) is 1. The molecule has 0 radical (unpaired) electrons. The monoisotopic (exact) mass is 336 g/mol. The summed E-state index contributed by atoms with van der Waals surface area (Å²) in [6.45, 7) is 1.19. The highest BCUT2D eigenvalue weighted by molar-refractivity contribution is 6.09. The van der Waals surface area contributed by atoms with Crippen LogP contribution in [-0.4, -0.2) is 29.7 Å². The molecule has 1 atom stereocenters. The predicted octanol–water partition coefficient (Wildman–Crippen LogP) is 2.62. The van der Waals surface area contributed by atoms with Gasteiger partial charge in [-0.3, -0.25) is 9.59 Å². The maximum Gasteiger partial charge on any atom is 0.270 e. The molecule has 1 saturated heterocycles. The Kier molecular flexibility index (Phi) is 3.84. The summed E-state index contributed by atoms with van der Waals surface area (Å²) in [6, 6.07) is 13.6. The summed E-state index contributed by atoms with van der Waals surface area (Å²) in [5.74, 6) is -1.04. The van der Waals surface area contributed by atoms with Crippen LogP contribution in [0.2, 0.25) is 0 Å². The van der Waals surface area contributed by atoms with Crippen molar-refractivity contribution in [3.05, 3.63) is 82.8 Å². The minimum atomic E-state index is -0.472. The average molecular weight is 336 g/mol. The summed E-state index contributed by atoms with van der Waals surface area (Å²) < 4.78 is 13.3. The number of rotatable bonds is 2.